The van der Waals surface area contributed by atoms with Gasteiger partial charge in [0.1, 0.15) is 0 Å². The van der Waals surface area contributed by atoms with Crippen LogP contribution in [0, 0.1) is 0 Å². The van der Waals surface area contributed by atoms with Gasteiger partial charge in [0.05, 0.1) is 26.0 Å². The van der Waals surface area contributed by atoms with Gasteiger partial charge in [-0.2, -0.15) is 0 Å². The number of carbonyl (C=O) groups is 3. The van der Waals surface area contributed by atoms with Gasteiger partial charge in [0, 0.05) is 20.0 Å². The fourth-order valence-electron chi connectivity index (χ4n) is 1.62. The molecule has 0 unspecified atom stereocenters. The van der Waals surface area contributed by atoms with Gasteiger partial charge in [0.25, 0.3) is 0 Å². The van der Waals surface area contributed by atoms with E-state index in [1.54, 1.807) is 0 Å². The highest BCUT2D eigenvalue weighted by Gasteiger charge is 2.20. The lowest BCUT2D eigenvalue weighted by molar-refractivity contribution is -0.120. The molecule has 0 bridgehead atoms. The Kier molecular flexibility index (Phi) is 6.27. The van der Waals surface area contributed by atoms with Crippen molar-refractivity contribution >= 4 is 17.9 Å². The van der Waals surface area contributed by atoms with Crippen molar-refractivity contribution in [2.45, 2.75) is 19.4 Å². The van der Waals surface area contributed by atoms with Crippen molar-refractivity contribution in [3.63, 3.8) is 0 Å². The Bertz CT molecular complexity index is 527. The molecule has 0 saturated heterocycles. The number of hydrogen-bond acceptors (Lipinski definition) is 7. The average Bonchev–Trinajstić information content (AvgIpc) is 2.84. The van der Waals surface area contributed by atoms with E-state index in [1.165, 1.54) is 18.9 Å². The van der Waals surface area contributed by atoms with Crippen molar-refractivity contribution < 1.29 is 23.9 Å². The predicted octanol–water partition coefficient (Wildman–Crippen LogP) is -1.16. The summed E-state index contributed by atoms with van der Waals surface area (Å²) in [6.45, 7) is 0.493. The summed E-state index contributed by atoms with van der Waals surface area (Å²) < 4.78 is 11.0. The molecule has 1 aromatic rings. The van der Waals surface area contributed by atoms with Crippen LogP contribution in [0.4, 0.5) is 4.79 Å². The van der Waals surface area contributed by atoms with Gasteiger partial charge in [-0.25, -0.2) is 14.3 Å². The lowest BCUT2D eigenvalue weighted by atomic mass is 10.2. The molecule has 0 fully saturated rings. The van der Waals surface area contributed by atoms with Crippen molar-refractivity contribution in [3.05, 3.63) is 11.4 Å². The molecular weight excluding hydrogens is 282 g/mol. The highest BCUT2D eigenvalue weighted by atomic mass is 16.5. The lowest BCUT2D eigenvalue weighted by Crippen LogP contribution is -2.35. The number of methoxy groups -OCH3 is 2. The molecule has 21 heavy (non-hydrogen) atoms. The third-order valence-corrected chi connectivity index (χ3v) is 2.57. The summed E-state index contributed by atoms with van der Waals surface area (Å²) in [6.07, 6.45) is 0.346. The topological polar surface area (TPSA) is 138 Å². The predicted molar refractivity (Wildman–Crippen MR) is 69.3 cm³/mol. The fourth-order valence-corrected chi connectivity index (χ4v) is 1.62. The molecule has 0 aliphatic rings. The van der Waals surface area contributed by atoms with Crippen LogP contribution in [-0.2, 0) is 27.2 Å². The number of aryl methyl sites for hydroxylation is 1. The second kappa shape index (κ2) is 7.94. The van der Waals surface area contributed by atoms with Gasteiger partial charge in [-0.3, -0.25) is 10.1 Å². The first-order chi connectivity index (χ1) is 9.99. The number of primary amides is 1. The van der Waals surface area contributed by atoms with Crippen LogP contribution < -0.4 is 11.1 Å². The van der Waals surface area contributed by atoms with Crippen LogP contribution in [0.25, 0.3) is 0 Å². The second-order valence-electron chi connectivity index (χ2n) is 4.00. The van der Waals surface area contributed by atoms with Crippen LogP contribution in [0.1, 0.15) is 22.6 Å². The minimum absolute atomic E-state index is 0.0348. The first kappa shape index (κ1) is 16.6. The summed E-state index contributed by atoms with van der Waals surface area (Å²) in [5.41, 5.74) is 5.41. The third-order valence-electron chi connectivity index (χ3n) is 2.57. The summed E-state index contributed by atoms with van der Waals surface area (Å²) in [7, 11) is 2.76. The van der Waals surface area contributed by atoms with Crippen LogP contribution >= 0.6 is 0 Å². The van der Waals surface area contributed by atoms with E-state index in [1.807, 2.05) is 5.32 Å². The van der Waals surface area contributed by atoms with Gasteiger partial charge >= 0.3 is 12.0 Å². The summed E-state index contributed by atoms with van der Waals surface area (Å²) in [6, 6.07) is -0.923. The molecule has 0 radical (unpaired) electrons. The number of hydrogen-bond donors (Lipinski definition) is 2. The summed E-state index contributed by atoms with van der Waals surface area (Å²) in [5, 5.41) is 9.48. The molecule has 10 nitrogen and oxygen atoms in total. The Morgan fingerprint density at radius 2 is 2.05 bits per heavy atom. The maximum atomic E-state index is 11.6. The Morgan fingerprint density at radius 1 is 1.33 bits per heavy atom. The number of amides is 3. The SMILES string of the molecule is COCCc1c(C(=O)OC)nnn1CCC(=O)NC(N)=O. The summed E-state index contributed by atoms with van der Waals surface area (Å²) >= 11 is 0. The first-order valence-corrected chi connectivity index (χ1v) is 6.08. The fraction of sp³-hybridized carbons (Fsp3) is 0.545. The van der Waals surface area contributed by atoms with Gasteiger partial charge in [-0.15, -0.1) is 5.10 Å². The van der Waals surface area contributed by atoms with Crippen molar-refractivity contribution in [1.82, 2.24) is 20.3 Å². The normalized spacial score (nSPS) is 10.2. The molecule has 3 N–H and O–H groups in total. The highest BCUT2D eigenvalue weighted by molar-refractivity contribution is 5.93. The van der Waals surface area contributed by atoms with E-state index in [4.69, 9.17) is 10.5 Å². The quantitative estimate of drug-likeness (QED) is 0.605. The van der Waals surface area contributed by atoms with Crippen molar-refractivity contribution in [2.75, 3.05) is 20.8 Å². The van der Waals surface area contributed by atoms with Crippen LogP contribution in [0.3, 0.4) is 0 Å². The van der Waals surface area contributed by atoms with Crippen molar-refractivity contribution in [1.29, 1.82) is 0 Å². The molecule has 116 valence electrons. The van der Waals surface area contributed by atoms with Crippen LogP contribution in [-0.4, -0.2) is 53.7 Å². The van der Waals surface area contributed by atoms with Gasteiger partial charge < -0.3 is 15.2 Å². The van der Waals surface area contributed by atoms with Crippen LogP contribution in [0.5, 0.6) is 0 Å². The number of esters is 1. The van der Waals surface area contributed by atoms with Crippen LogP contribution in [0.2, 0.25) is 0 Å². The standard InChI is InChI=1S/C11H17N5O5/c1-20-6-4-7-9(10(18)21-2)14-15-16(7)5-3-8(17)13-11(12)19/h3-6H2,1-2H3,(H3,12,13,17,19). The third kappa shape index (κ3) is 4.84. The molecule has 0 spiro atoms. The van der Waals surface area contributed by atoms with Gasteiger partial charge in [0.2, 0.25) is 5.91 Å². The Balaban J connectivity index is 2.81. The second-order valence-corrected chi connectivity index (χ2v) is 4.00. The zero-order chi connectivity index (χ0) is 15.8. The summed E-state index contributed by atoms with van der Waals surface area (Å²) in [5.74, 6) is -1.16. The molecule has 1 rings (SSSR count). The Morgan fingerprint density at radius 3 is 2.62 bits per heavy atom. The minimum Gasteiger partial charge on any atom is -0.464 e. The van der Waals surface area contributed by atoms with E-state index >= 15 is 0 Å². The maximum absolute atomic E-state index is 11.6. The minimum atomic E-state index is -0.923. The van der Waals surface area contributed by atoms with E-state index in [0.29, 0.717) is 18.7 Å². The number of aromatic nitrogens is 3. The monoisotopic (exact) mass is 299 g/mol. The van der Waals surface area contributed by atoms with Crippen molar-refractivity contribution in [2.24, 2.45) is 5.73 Å². The first-order valence-electron chi connectivity index (χ1n) is 6.08. The molecule has 3 amide bonds. The maximum Gasteiger partial charge on any atom is 0.360 e. The lowest BCUT2D eigenvalue weighted by Gasteiger charge is -2.07. The number of carbonyl (C=O) groups excluding carboxylic acids is 3. The highest BCUT2D eigenvalue weighted by Crippen LogP contribution is 2.09. The van der Waals surface area contributed by atoms with Gasteiger partial charge in [-0.1, -0.05) is 5.21 Å². The number of rotatable bonds is 7. The van der Waals surface area contributed by atoms with E-state index in [9.17, 15) is 14.4 Å². The van der Waals surface area contributed by atoms with Gasteiger partial charge in [0.15, 0.2) is 5.69 Å². The number of urea groups is 1. The molecule has 1 heterocycles. The molecule has 0 aliphatic heterocycles. The van der Waals surface area contributed by atoms with Crippen molar-refractivity contribution in [3.8, 4) is 0 Å². The van der Waals surface area contributed by atoms with E-state index in [0.717, 1.165) is 0 Å². The van der Waals surface area contributed by atoms with E-state index in [2.05, 4.69) is 15.0 Å². The molecule has 1 aromatic heterocycles. The van der Waals surface area contributed by atoms with Crippen LogP contribution in [0.15, 0.2) is 0 Å². The molecule has 0 atom stereocenters. The Labute approximate surface area is 120 Å². The number of nitrogens with zero attached hydrogens (tertiary/aromatic N) is 3. The average molecular weight is 299 g/mol. The molecular formula is C11H17N5O5. The molecule has 0 aromatic carbocycles. The van der Waals surface area contributed by atoms with E-state index < -0.39 is 17.9 Å². The Hall–Kier alpha value is -2.49. The largest absolute Gasteiger partial charge is 0.464 e. The zero-order valence-electron chi connectivity index (χ0n) is 11.8. The number of imide groups is 1. The molecule has 0 saturated carbocycles. The number of ether oxygens (including phenoxy) is 2. The molecule has 0 aliphatic carbocycles. The summed E-state index contributed by atoms with van der Waals surface area (Å²) in [4.78, 5) is 33.5. The molecule has 10 heteroatoms. The number of nitrogens with two attached hydrogens (primary N) is 1. The van der Waals surface area contributed by atoms with E-state index in [-0.39, 0.29) is 18.7 Å². The zero-order valence-corrected chi connectivity index (χ0v) is 11.8. The number of nitrogens with one attached hydrogen (secondary N) is 1. The van der Waals surface area contributed by atoms with Gasteiger partial charge in [-0.05, 0) is 0 Å². The smallest absolute Gasteiger partial charge is 0.360 e.